The molecule has 204 valence electrons. The zero-order chi connectivity index (χ0) is 27.8. The quantitative estimate of drug-likeness (QED) is 0.259. The van der Waals surface area contributed by atoms with E-state index in [0.717, 1.165) is 53.1 Å². The summed E-state index contributed by atoms with van der Waals surface area (Å²) in [5.41, 5.74) is 5.44. The predicted octanol–water partition coefficient (Wildman–Crippen LogP) is 7.93. The van der Waals surface area contributed by atoms with Crippen LogP contribution < -0.4 is 9.80 Å². The number of amides is 4. The maximum absolute atomic E-state index is 14.4. The molecule has 3 aliphatic rings. The van der Waals surface area contributed by atoms with Crippen LogP contribution in [0.4, 0.5) is 32.3 Å². The Labute approximate surface area is 240 Å². The predicted molar refractivity (Wildman–Crippen MR) is 165 cm³/mol. The van der Waals surface area contributed by atoms with E-state index in [2.05, 4.69) is 17.1 Å². The van der Waals surface area contributed by atoms with Crippen LogP contribution in [0.15, 0.2) is 109 Å². The lowest BCUT2D eigenvalue weighted by Crippen LogP contribution is -2.66. The molecule has 0 radical (unpaired) electrons. The summed E-state index contributed by atoms with van der Waals surface area (Å²) in [5, 5.41) is 0. The topological polar surface area (TPSA) is 47.1 Å². The zero-order valence-corrected chi connectivity index (χ0v) is 22.8. The number of carbonyl (C=O) groups is 2. The summed E-state index contributed by atoms with van der Waals surface area (Å²) in [6.45, 7) is 1.01. The van der Waals surface area contributed by atoms with Crippen LogP contribution in [0.3, 0.4) is 0 Å². The van der Waals surface area contributed by atoms with Gasteiger partial charge in [-0.15, -0.1) is 0 Å². The third-order valence-electron chi connectivity index (χ3n) is 8.42. The van der Waals surface area contributed by atoms with Gasteiger partial charge in [0.1, 0.15) is 0 Å². The van der Waals surface area contributed by atoms with Crippen LogP contribution in [0, 0.1) is 0 Å². The number of likely N-dealkylation sites (tertiary alicyclic amines) is 1. The number of benzene rings is 4. The van der Waals surface area contributed by atoms with Crippen molar-refractivity contribution in [2.24, 2.45) is 0 Å². The van der Waals surface area contributed by atoms with Crippen LogP contribution >= 0.6 is 0 Å². The van der Waals surface area contributed by atoms with E-state index >= 15 is 0 Å². The van der Waals surface area contributed by atoms with Gasteiger partial charge in [0.15, 0.2) is 0 Å². The maximum atomic E-state index is 14.4. The number of nitrogens with zero attached hydrogens (tertiary/aromatic N) is 4. The van der Waals surface area contributed by atoms with Crippen molar-refractivity contribution in [2.75, 3.05) is 22.9 Å². The van der Waals surface area contributed by atoms with E-state index in [4.69, 9.17) is 0 Å². The van der Waals surface area contributed by atoms with Crippen LogP contribution in [0.2, 0.25) is 0 Å². The summed E-state index contributed by atoms with van der Waals surface area (Å²) in [5.74, 6) is 0. The van der Waals surface area contributed by atoms with Gasteiger partial charge in [-0.2, -0.15) is 0 Å². The minimum absolute atomic E-state index is 0.0288. The van der Waals surface area contributed by atoms with Crippen LogP contribution in [0.1, 0.15) is 30.4 Å². The maximum Gasteiger partial charge on any atom is 0.329 e. The molecule has 3 heterocycles. The zero-order valence-electron chi connectivity index (χ0n) is 22.8. The number of hydrogen-bond acceptors (Lipinski definition) is 2. The van der Waals surface area contributed by atoms with E-state index in [-0.39, 0.29) is 24.1 Å². The molecule has 41 heavy (non-hydrogen) atoms. The SMILES string of the molecule is O=C(N1C[C@H]2CCC[C@@H](C1)N2C(=O)N(c1ccccc1)c1ccccc1)N1c2ccccc2C=Cc2ccccc21. The largest absolute Gasteiger partial charge is 0.329 e. The van der Waals surface area contributed by atoms with Gasteiger partial charge in [0.25, 0.3) is 0 Å². The van der Waals surface area contributed by atoms with E-state index in [1.165, 1.54) is 0 Å². The van der Waals surface area contributed by atoms with E-state index < -0.39 is 0 Å². The van der Waals surface area contributed by atoms with E-state index in [0.29, 0.717) is 13.1 Å². The highest BCUT2D eigenvalue weighted by atomic mass is 16.2. The van der Waals surface area contributed by atoms with E-state index in [1.807, 2.05) is 124 Å². The molecule has 4 aromatic carbocycles. The van der Waals surface area contributed by atoms with E-state index in [1.54, 1.807) is 0 Å². The number of anilines is 4. The first-order valence-electron chi connectivity index (χ1n) is 14.4. The molecule has 2 bridgehead atoms. The van der Waals surface area contributed by atoms with Gasteiger partial charge < -0.3 is 9.80 Å². The van der Waals surface area contributed by atoms with Crippen molar-refractivity contribution in [3.63, 3.8) is 0 Å². The highest BCUT2D eigenvalue weighted by Crippen LogP contribution is 2.39. The summed E-state index contributed by atoms with van der Waals surface area (Å²) in [4.78, 5) is 36.5. The molecule has 0 N–H and O–H groups in total. The lowest BCUT2D eigenvalue weighted by atomic mass is 9.91. The number of urea groups is 2. The molecule has 2 saturated heterocycles. The third-order valence-corrected chi connectivity index (χ3v) is 8.42. The van der Waals surface area contributed by atoms with Crippen LogP contribution in [0.5, 0.6) is 0 Å². The highest BCUT2D eigenvalue weighted by molar-refractivity contribution is 6.06. The highest BCUT2D eigenvalue weighted by Gasteiger charge is 2.44. The van der Waals surface area contributed by atoms with Crippen LogP contribution in [-0.4, -0.2) is 47.0 Å². The summed E-state index contributed by atoms with van der Waals surface area (Å²) in [7, 11) is 0. The second-order valence-corrected chi connectivity index (χ2v) is 10.9. The number of piperidine rings is 1. The Bertz CT molecular complexity index is 1500. The first kappa shape index (κ1) is 25.1. The number of carbonyl (C=O) groups excluding carboxylic acids is 2. The summed E-state index contributed by atoms with van der Waals surface area (Å²) >= 11 is 0. The number of rotatable bonds is 2. The van der Waals surface area contributed by atoms with Crippen molar-refractivity contribution in [1.29, 1.82) is 0 Å². The number of fused-ring (bicyclic) bond motifs is 4. The number of hydrogen-bond donors (Lipinski definition) is 0. The van der Waals surface area contributed by atoms with Gasteiger partial charge in [-0.25, -0.2) is 9.59 Å². The molecule has 0 saturated carbocycles. The molecular formula is C35H32N4O2. The Kier molecular flexibility index (Phi) is 6.51. The average molecular weight is 541 g/mol. The smallest absolute Gasteiger partial charge is 0.320 e. The fraction of sp³-hybridized carbons (Fsp3) is 0.200. The Morgan fingerprint density at radius 1 is 0.610 bits per heavy atom. The van der Waals surface area contributed by atoms with Crippen LogP contribution in [0.25, 0.3) is 12.2 Å². The molecule has 4 amide bonds. The molecule has 0 spiro atoms. The Morgan fingerprint density at radius 3 is 1.59 bits per heavy atom. The average Bonchev–Trinajstić information content (AvgIpc) is 3.18. The normalized spacial score (nSPS) is 19.2. The minimum atomic E-state index is -0.0514. The standard InChI is InChI=1S/C35H32N4O2/c40-34(39-32-20-9-7-12-26(32)22-23-27-13-8-10-21-33(27)39)36-24-30-18-11-19-31(25-36)38(30)35(41)37(28-14-3-1-4-15-28)29-16-5-2-6-17-29/h1-10,12-17,20-23,30-31H,11,18-19,24-25H2/t30-,31+. The Hall–Kier alpha value is -4.84. The van der Waals surface area contributed by atoms with Crippen molar-refractivity contribution in [1.82, 2.24) is 9.80 Å². The fourth-order valence-electron chi connectivity index (χ4n) is 6.54. The second kappa shape index (κ2) is 10.6. The van der Waals surface area contributed by atoms with Crippen LogP contribution in [-0.2, 0) is 0 Å². The van der Waals surface area contributed by atoms with Gasteiger partial charge >= 0.3 is 12.1 Å². The molecule has 7 rings (SSSR count). The molecule has 0 aromatic heterocycles. The minimum Gasteiger partial charge on any atom is -0.320 e. The monoisotopic (exact) mass is 540 g/mol. The molecular weight excluding hydrogens is 508 g/mol. The summed E-state index contributed by atoms with van der Waals surface area (Å²) in [6, 6.07) is 35.6. The van der Waals surface area contributed by atoms with Gasteiger partial charge in [0.2, 0.25) is 0 Å². The third kappa shape index (κ3) is 4.55. The Balaban J connectivity index is 1.21. The fourth-order valence-corrected chi connectivity index (χ4v) is 6.54. The molecule has 3 aliphatic heterocycles. The lowest BCUT2D eigenvalue weighted by molar-refractivity contribution is 0.0394. The van der Waals surface area contributed by atoms with Crippen molar-refractivity contribution in [3.05, 3.63) is 120 Å². The van der Waals surface area contributed by atoms with Gasteiger partial charge in [-0.3, -0.25) is 9.80 Å². The molecule has 2 fully saturated rings. The second-order valence-electron chi connectivity index (χ2n) is 10.9. The number of para-hydroxylation sites is 4. The molecule has 0 aliphatic carbocycles. The van der Waals surface area contributed by atoms with Gasteiger partial charge in [0, 0.05) is 13.1 Å². The van der Waals surface area contributed by atoms with Crippen molar-refractivity contribution in [3.8, 4) is 0 Å². The van der Waals surface area contributed by atoms with Crippen molar-refractivity contribution in [2.45, 2.75) is 31.3 Å². The summed E-state index contributed by atoms with van der Waals surface area (Å²) in [6.07, 6.45) is 6.95. The first-order valence-corrected chi connectivity index (χ1v) is 14.4. The molecule has 6 nitrogen and oxygen atoms in total. The van der Waals surface area contributed by atoms with Gasteiger partial charge in [-0.05, 0) is 66.8 Å². The van der Waals surface area contributed by atoms with E-state index in [9.17, 15) is 9.59 Å². The van der Waals surface area contributed by atoms with Crippen molar-refractivity contribution < 1.29 is 9.59 Å². The summed E-state index contributed by atoms with van der Waals surface area (Å²) < 4.78 is 0. The molecule has 4 aromatic rings. The van der Waals surface area contributed by atoms with Gasteiger partial charge in [-0.1, -0.05) is 84.9 Å². The molecule has 2 atom stereocenters. The molecule has 0 unspecified atom stereocenters. The number of piperazine rings is 1. The lowest BCUT2D eigenvalue weighted by Gasteiger charge is -2.51. The Morgan fingerprint density at radius 2 is 1.07 bits per heavy atom. The van der Waals surface area contributed by atoms with Crippen molar-refractivity contribution >= 4 is 47.0 Å². The van der Waals surface area contributed by atoms with Gasteiger partial charge in [0.05, 0.1) is 34.8 Å². The molecule has 6 heteroatoms. The first-order chi connectivity index (χ1) is 20.2.